The minimum absolute atomic E-state index is 0. The van der Waals surface area contributed by atoms with Crippen molar-refractivity contribution in [3.05, 3.63) is 21.4 Å². The molecule has 0 fully saturated rings. The first-order chi connectivity index (χ1) is 8.81. The van der Waals surface area contributed by atoms with Crippen molar-refractivity contribution in [2.24, 2.45) is 11.7 Å². The van der Waals surface area contributed by atoms with Gasteiger partial charge in [0.05, 0.1) is 10.4 Å². The van der Waals surface area contributed by atoms with Crippen molar-refractivity contribution < 1.29 is 4.79 Å². The molecule has 1 aromatic heterocycles. The molecule has 5 heteroatoms. The van der Waals surface area contributed by atoms with Crippen LogP contribution in [0.15, 0.2) is 6.07 Å². The summed E-state index contributed by atoms with van der Waals surface area (Å²) in [7, 11) is 0. The van der Waals surface area contributed by atoms with Gasteiger partial charge in [0.15, 0.2) is 0 Å². The summed E-state index contributed by atoms with van der Waals surface area (Å²) in [6.07, 6.45) is 1.87. The Bertz CT molecular complexity index is 445. The van der Waals surface area contributed by atoms with E-state index in [0.717, 1.165) is 17.7 Å². The van der Waals surface area contributed by atoms with Crippen LogP contribution in [0.25, 0.3) is 0 Å². The van der Waals surface area contributed by atoms with E-state index in [4.69, 9.17) is 5.73 Å². The van der Waals surface area contributed by atoms with Crippen LogP contribution in [0.5, 0.6) is 0 Å². The summed E-state index contributed by atoms with van der Waals surface area (Å²) in [5.41, 5.74) is 6.71. The zero-order chi connectivity index (χ0) is 14.6. The normalized spacial score (nSPS) is 13.8. The molecule has 0 aliphatic rings. The number of halogens is 1. The second-order valence-corrected chi connectivity index (χ2v) is 7.02. The molecule has 1 unspecified atom stereocenters. The largest absolute Gasteiger partial charge is 0.345 e. The average Bonchev–Trinajstić information content (AvgIpc) is 2.69. The summed E-state index contributed by atoms with van der Waals surface area (Å²) < 4.78 is 0. The van der Waals surface area contributed by atoms with E-state index in [0.29, 0.717) is 12.5 Å². The van der Waals surface area contributed by atoms with E-state index in [1.807, 2.05) is 13.0 Å². The molecular weight excluding hydrogens is 292 g/mol. The second kappa shape index (κ2) is 8.01. The zero-order valence-electron chi connectivity index (χ0n) is 13.1. The number of carbonyl (C=O) groups excluding carboxylic acids is 1. The van der Waals surface area contributed by atoms with Crippen LogP contribution < -0.4 is 11.1 Å². The van der Waals surface area contributed by atoms with Crippen LogP contribution in [0.3, 0.4) is 0 Å². The molecule has 1 amide bonds. The molecule has 0 aliphatic carbocycles. The molecule has 3 N–H and O–H groups in total. The molecule has 1 heterocycles. The van der Waals surface area contributed by atoms with Crippen molar-refractivity contribution in [2.75, 3.05) is 6.54 Å². The van der Waals surface area contributed by atoms with Crippen LogP contribution in [0.4, 0.5) is 0 Å². The lowest BCUT2D eigenvalue weighted by atomic mass is 9.90. The van der Waals surface area contributed by atoms with Crippen LogP contribution in [-0.4, -0.2) is 18.0 Å². The van der Waals surface area contributed by atoms with Crippen LogP contribution in [0, 0.1) is 12.8 Å². The van der Waals surface area contributed by atoms with Crippen LogP contribution in [-0.2, 0) is 6.42 Å². The fourth-order valence-electron chi connectivity index (χ4n) is 2.40. The summed E-state index contributed by atoms with van der Waals surface area (Å²) in [5, 5.41) is 3.10. The minimum Gasteiger partial charge on any atom is -0.345 e. The minimum atomic E-state index is -0.324. The average molecular weight is 319 g/mol. The molecule has 0 spiro atoms. The molecule has 116 valence electrons. The summed E-state index contributed by atoms with van der Waals surface area (Å²) >= 11 is 1.58. The maximum atomic E-state index is 12.3. The van der Waals surface area contributed by atoms with E-state index in [9.17, 15) is 4.79 Å². The van der Waals surface area contributed by atoms with Gasteiger partial charge in [-0.15, -0.1) is 23.7 Å². The molecule has 0 aliphatic heterocycles. The van der Waals surface area contributed by atoms with Gasteiger partial charge in [0.25, 0.3) is 5.91 Å². The fourth-order valence-corrected chi connectivity index (χ4v) is 3.41. The monoisotopic (exact) mass is 318 g/mol. The van der Waals surface area contributed by atoms with Gasteiger partial charge in [0.2, 0.25) is 0 Å². The first-order valence-electron chi connectivity index (χ1n) is 6.93. The highest BCUT2D eigenvalue weighted by molar-refractivity contribution is 7.14. The Hall–Kier alpha value is -0.580. The Kier molecular flexibility index (Phi) is 7.78. The summed E-state index contributed by atoms with van der Waals surface area (Å²) in [6.45, 7) is 10.9. The molecule has 0 radical (unpaired) electrons. The molecule has 1 atom stereocenters. The van der Waals surface area contributed by atoms with E-state index >= 15 is 0 Å². The van der Waals surface area contributed by atoms with Crippen LogP contribution >= 0.6 is 23.7 Å². The second-order valence-electron chi connectivity index (χ2n) is 5.89. The number of rotatable bonds is 6. The molecule has 3 nitrogen and oxygen atoms in total. The van der Waals surface area contributed by atoms with Gasteiger partial charge >= 0.3 is 0 Å². The number of nitrogens with two attached hydrogens (primary N) is 1. The van der Waals surface area contributed by atoms with Gasteiger partial charge in [-0.2, -0.15) is 0 Å². The smallest absolute Gasteiger partial charge is 0.261 e. The Labute approximate surface area is 132 Å². The Balaban J connectivity index is 0.00000361. The maximum Gasteiger partial charge on any atom is 0.261 e. The lowest BCUT2D eigenvalue weighted by Crippen LogP contribution is -2.52. The molecule has 0 aromatic carbocycles. The molecular formula is C15H27ClN2OS. The first-order valence-corrected chi connectivity index (χ1v) is 7.75. The van der Waals surface area contributed by atoms with E-state index in [-0.39, 0.29) is 23.9 Å². The van der Waals surface area contributed by atoms with Crippen molar-refractivity contribution in [2.45, 2.75) is 53.0 Å². The van der Waals surface area contributed by atoms with Gasteiger partial charge in [0, 0.05) is 11.4 Å². The topological polar surface area (TPSA) is 55.1 Å². The number of hydrogen-bond donors (Lipinski definition) is 2. The van der Waals surface area contributed by atoms with Gasteiger partial charge in [0.1, 0.15) is 0 Å². The van der Waals surface area contributed by atoms with Gasteiger partial charge < -0.3 is 11.1 Å². The zero-order valence-corrected chi connectivity index (χ0v) is 14.7. The highest BCUT2D eigenvalue weighted by Crippen LogP contribution is 2.23. The molecule has 1 aromatic rings. The molecule has 0 bridgehead atoms. The summed E-state index contributed by atoms with van der Waals surface area (Å²) in [5.74, 6) is 0.506. The SMILES string of the molecule is CCc1sc(C(=O)NC(C)(CN)CC(C)C)cc1C.Cl. The van der Waals surface area contributed by atoms with Crippen LogP contribution in [0.2, 0.25) is 0 Å². The first kappa shape index (κ1) is 19.4. The Morgan fingerprint density at radius 3 is 2.50 bits per heavy atom. The molecule has 1 rings (SSSR count). The van der Waals surface area contributed by atoms with Crippen molar-refractivity contribution in [1.29, 1.82) is 0 Å². The van der Waals surface area contributed by atoms with Gasteiger partial charge in [-0.05, 0) is 44.2 Å². The predicted octanol–water partition coefficient (Wildman–Crippen LogP) is 3.53. The van der Waals surface area contributed by atoms with E-state index in [1.165, 1.54) is 10.4 Å². The van der Waals surface area contributed by atoms with Gasteiger partial charge in [-0.3, -0.25) is 4.79 Å². The molecule has 0 saturated carbocycles. The molecule has 20 heavy (non-hydrogen) atoms. The third-order valence-corrected chi connectivity index (χ3v) is 4.67. The van der Waals surface area contributed by atoms with E-state index < -0.39 is 0 Å². The standard InChI is InChI=1S/C15H26N2OS.ClH/c1-6-12-11(4)7-13(19-12)14(18)17-15(5,9-16)8-10(2)3;/h7,10H,6,8-9,16H2,1-5H3,(H,17,18);1H. The number of carbonyl (C=O) groups is 1. The van der Waals surface area contributed by atoms with Gasteiger partial charge in [-0.1, -0.05) is 20.8 Å². The number of amides is 1. The quantitative estimate of drug-likeness (QED) is 0.843. The van der Waals surface area contributed by atoms with Gasteiger partial charge in [-0.25, -0.2) is 0 Å². The third kappa shape index (κ3) is 5.08. The Morgan fingerprint density at radius 1 is 1.50 bits per heavy atom. The lowest BCUT2D eigenvalue weighted by molar-refractivity contribution is 0.0902. The van der Waals surface area contributed by atoms with E-state index in [1.54, 1.807) is 11.3 Å². The van der Waals surface area contributed by atoms with Crippen molar-refractivity contribution in [1.82, 2.24) is 5.32 Å². The summed E-state index contributed by atoms with van der Waals surface area (Å²) in [4.78, 5) is 14.4. The molecule has 0 saturated heterocycles. The number of hydrogen-bond acceptors (Lipinski definition) is 3. The number of aryl methyl sites for hydroxylation is 2. The van der Waals surface area contributed by atoms with Crippen molar-refractivity contribution >= 4 is 29.7 Å². The Morgan fingerprint density at radius 2 is 2.10 bits per heavy atom. The van der Waals surface area contributed by atoms with Crippen LogP contribution in [0.1, 0.15) is 54.2 Å². The highest BCUT2D eigenvalue weighted by atomic mass is 35.5. The highest BCUT2D eigenvalue weighted by Gasteiger charge is 2.27. The number of nitrogens with one attached hydrogen (secondary N) is 1. The fraction of sp³-hybridized carbons (Fsp3) is 0.667. The van der Waals surface area contributed by atoms with E-state index in [2.05, 4.69) is 33.0 Å². The third-order valence-electron chi connectivity index (χ3n) is 3.29. The van der Waals surface area contributed by atoms with Crippen molar-refractivity contribution in [3.63, 3.8) is 0 Å². The predicted molar refractivity (Wildman–Crippen MR) is 90.1 cm³/mol. The summed E-state index contributed by atoms with van der Waals surface area (Å²) in [6, 6.07) is 1.98. The van der Waals surface area contributed by atoms with Crippen molar-refractivity contribution in [3.8, 4) is 0 Å². The maximum absolute atomic E-state index is 12.3. The lowest BCUT2D eigenvalue weighted by Gasteiger charge is -2.31. The number of thiophene rings is 1.